The maximum absolute atomic E-state index is 11.3. The zero-order valence-corrected chi connectivity index (χ0v) is 11.2. The molecule has 0 aliphatic carbocycles. The van der Waals surface area contributed by atoms with Crippen LogP contribution in [0.25, 0.3) is 11.1 Å². The lowest BCUT2D eigenvalue weighted by Crippen LogP contribution is -2.03. The van der Waals surface area contributed by atoms with E-state index in [2.05, 4.69) is 20.0 Å². The van der Waals surface area contributed by atoms with Crippen LogP contribution in [0.15, 0.2) is 39.5 Å². The van der Waals surface area contributed by atoms with E-state index in [9.17, 15) is 9.59 Å². The average molecular weight is 287 g/mol. The van der Waals surface area contributed by atoms with Crippen LogP contribution >= 0.6 is 0 Å². The van der Waals surface area contributed by atoms with Gasteiger partial charge in [-0.25, -0.2) is 9.59 Å². The molecule has 0 radical (unpaired) electrons. The highest BCUT2D eigenvalue weighted by molar-refractivity contribution is 5.87. The molecule has 2 heterocycles. The number of H-pyrrole nitrogens is 2. The van der Waals surface area contributed by atoms with Gasteiger partial charge in [0.25, 0.3) is 0 Å². The van der Waals surface area contributed by atoms with Gasteiger partial charge in [0.15, 0.2) is 5.58 Å². The minimum absolute atomic E-state index is 0.404. The van der Waals surface area contributed by atoms with Crippen LogP contribution in [0.1, 0.15) is 16.2 Å². The van der Waals surface area contributed by atoms with E-state index in [1.165, 1.54) is 7.11 Å². The number of hydrogen-bond donors (Lipinski definition) is 3. The molecule has 21 heavy (non-hydrogen) atoms. The Labute approximate surface area is 118 Å². The smallest absolute Gasteiger partial charge is 0.417 e. The first-order valence-electron chi connectivity index (χ1n) is 6.28. The van der Waals surface area contributed by atoms with Crippen molar-refractivity contribution < 1.29 is 13.9 Å². The molecule has 0 fully saturated rings. The SMILES string of the molecule is COC(=O)c1ccc(CNc2ccc3oc(=O)[nH]c3c2)[nH]1. The highest BCUT2D eigenvalue weighted by Gasteiger charge is 2.08. The van der Waals surface area contributed by atoms with Gasteiger partial charge < -0.3 is 19.5 Å². The molecule has 0 amide bonds. The second-order valence-corrected chi connectivity index (χ2v) is 4.47. The summed E-state index contributed by atoms with van der Waals surface area (Å²) in [5.74, 6) is -0.882. The molecule has 0 saturated carbocycles. The first kappa shape index (κ1) is 13.0. The molecule has 0 unspecified atom stereocenters. The summed E-state index contributed by atoms with van der Waals surface area (Å²) in [5.41, 5.74) is 3.22. The summed E-state index contributed by atoms with van der Waals surface area (Å²) >= 11 is 0. The highest BCUT2D eigenvalue weighted by atomic mass is 16.5. The summed E-state index contributed by atoms with van der Waals surface area (Å²) in [6, 6.07) is 8.77. The zero-order chi connectivity index (χ0) is 14.8. The lowest BCUT2D eigenvalue weighted by atomic mass is 10.3. The molecular formula is C14H13N3O4. The fourth-order valence-electron chi connectivity index (χ4n) is 2.03. The van der Waals surface area contributed by atoms with E-state index < -0.39 is 11.7 Å². The molecule has 1 aromatic carbocycles. The first-order chi connectivity index (χ1) is 10.2. The lowest BCUT2D eigenvalue weighted by Gasteiger charge is -2.04. The van der Waals surface area contributed by atoms with Gasteiger partial charge in [-0.3, -0.25) is 4.98 Å². The largest absolute Gasteiger partial charge is 0.464 e. The van der Waals surface area contributed by atoms with E-state index in [4.69, 9.17) is 4.42 Å². The first-order valence-corrected chi connectivity index (χ1v) is 6.28. The maximum atomic E-state index is 11.3. The number of aromatic nitrogens is 2. The molecule has 3 rings (SSSR count). The predicted molar refractivity (Wildman–Crippen MR) is 76.3 cm³/mol. The quantitative estimate of drug-likeness (QED) is 0.636. The zero-order valence-electron chi connectivity index (χ0n) is 11.2. The van der Waals surface area contributed by atoms with E-state index in [1.807, 2.05) is 6.07 Å². The van der Waals surface area contributed by atoms with E-state index in [0.717, 1.165) is 11.4 Å². The number of anilines is 1. The summed E-state index contributed by atoms with van der Waals surface area (Å²) in [4.78, 5) is 28.0. The van der Waals surface area contributed by atoms with Gasteiger partial charge in [0, 0.05) is 11.4 Å². The molecule has 0 spiro atoms. The van der Waals surface area contributed by atoms with Gasteiger partial charge in [0.2, 0.25) is 0 Å². The molecule has 2 aromatic heterocycles. The number of oxazole rings is 1. The standard InChI is InChI=1S/C14H13N3O4/c1-20-13(18)10-4-2-9(16-10)7-15-8-3-5-12-11(6-8)17-14(19)21-12/h2-6,15-16H,7H2,1H3,(H,17,19). The number of hydrogen-bond acceptors (Lipinski definition) is 5. The predicted octanol–water partition coefficient (Wildman–Crippen LogP) is 1.85. The van der Waals surface area contributed by atoms with Crippen molar-refractivity contribution in [2.45, 2.75) is 6.54 Å². The van der Waals surface area contributed by atoms with Crippen molar-refractivity contribution in [2.75, 3.05) is 12.4 Å². The third kappa shape index (κ3) is 2.66. The summed E-state index contributed by atoms with van der Waals surface area (Å²) in [7, 11) is 1.34. The number of carbonyl (C=O) groups excluding carboxylic acids is 1. The molecule has 3 N–H and O–H groups in total. The van der Waals surface area contributed by atoms with Crippen molar-refractivity contribution in [2.24, 2.45) is 0 Å². The highest BCUT2D eigenvalue weighted by Crippen LogP contribution is 2.17. The van der Waals surface area contributed by atoms with Crippen molar-refractivity contribution in [1.29, 1.82) is 0 Å². The van der Waals surface area contributed by atoms with Gasteiger partial charge >= 0.3 is 11.7 Å². The number of nitrogens with one attached hydrogen (secondary N) is 3. The van der Waals surface area contributed by atoms with Crippen LogP contribution in [0.4, 0.5) is 5.69 Å². The second-order valence-electron chi connectivity index (χ2n) is 4.47. The van der Waals surface area contributed by atoms with Crippen LogP contribution in [0.5, 0.6) is 0 Å². The molecule has 3 aromatic rings. The molecular weight excluding hydrogens is 274 g/mol. The van der Waals surface area contributed by atoms with Gasteiger partial charge in [-0.2, -0.15) is 0 Å². The van der Waals surface area contributed by atoms with Crippen molar-refractivity contribution in [1.82, 2.24) is 9.97 Å². The Morgan fingerprint density at radius 3 is 2.95 bits per heavy atom. The number of aromatic amines is 2. The van der Waals surface area contributed by atoms with Crippen LogP contribution in [-0.4, -0.2) is 23.0 Å². The Balaban J connectivity index is 1.72. The molecule has 0 aliphatic rings. The average Bonchev–Trinajstić information content (AvgIpc) is 3.09. The molecule has 7 heteroatoms. The molecule has 108 valence electrons. The van der Waals surface area contributed by atoms with Crippen LogP contribution in [0.2, 0.25) is 0 Å². The Morgan fingerprint density at radius 1 is 1.29 bits per heavy atom. The summed E-state index contributed by atoms with van der Waals surface area (Å²) in [6.45, 7) is 0.505. The van der Waals surface area contributed by atoms with Crippen molar-refractivity contribution >= 4 is 22.8 Å². The minimum atomic E-state index is -0.478. The van der Waals surface area contributed by atoms with E-state index in [-0.39, 0.29) is 0 Å². The fraction of sp³-hybridized carbons (Fsp3) is 0.143. The van der Waals surface area contributed by atoms with Gasteiger partial charge in [-0.1, -0.05) is 0 Å². The van der Waals surface area contributed by atoms with E-state index in [1.54, 1.807) is 24.3 Å². The van der Waals surface area contributed by atoms with Crippen molar-refractivity contribution in [3.63, 3.8) is 0 Å². The number of rotatable bonds is 4. The Kier molecular flexibility index (Phi) is 3.23. The normalized spacial score (nSPS) is 10.7. The number of carbonyl (C=O) groups is 1. The fourth-order valence-corrected chi connectivity index (χ4v) is 2.03. The lowest BCUT2D eigenvalue weighted by molar-refractivity contribution is 0.0594. The Bertz CT molecular complexity index is 843. The summed E-state index contributed by atoms with van der Waals surface area (Å²) in [5, 5.41) is 3.19. The van der Waals surface area contributed by atoms with Gasteiger partial charge in [0.1, 0.15) is 5.69 Å². The number of ether oxygens (including phenoxy) is 1. The monoisotopic (exact) mass is 287 g/mol. The topological polar surface area (TPSA) is 100 Å². The minimum Gasteiger partial charge on any atom is -0.464 e. The maximum Gasteiger partial charge on any atom is 0.417 e. The van der Waals surface area contributed by atoms with E-state index >= 15 is 0 Å². The van der Waals surface area contributed by atoms with Crippen LogP contribution in [0, 0.1) is 0 Å². The van der Waals surface area contributed by atoms with Gasteiger partial charge in [-0.15, -0.1) is 0 Å². The molecule has 0 saturated heterocycles. The van der Waals surface area contributed by atoms with Crippen molar-refractivity contribution in [3.05, 3.63) is 52.3 Å². The van der Waals surface area contributed by atoms with Crippen LogP contribution in [-0.2, 0) is 11.3 Å². The van der Waals surface area contributed by atoms with Crippen LogP contribution in [0.3, 0.4) is 0 Å². The van der Waals surface area contributed by atoms with Gasteiger partial charge in [-0.05, 0) is 30.3 Å². The molecule has 7 nitrogen and oxygen atoms in total. The summed E-state index contributed by atoms with van der Waals surface area (Å²) in [6.07, 6.45) is 0. The second kappa shape index (κ2) is 5.20. The number of methoxy groups -OCH3 is 1. The van der Waals surface area contributed by atoms with Gasteiger partial charge in [0.05, 0.1) is 19.2 Å². The third-order valence-electron chi connectivity index (χ3n) is 3.05. The Morgan fingerprint density at radius 2 is 2.14 bits per heavy atom. The number of benzene rings is 1. The summed E-state index contributed by atoms with van der Waals surface area (Å²) < 4.78 is 9.56. The van der Waals surface area contributed by atoms with Crippen molar-refractivity contribution in [3.8, 4) is 0 Å². The van der Waals surface area contributed by atoms with E-state index in [0.29, 0.717) is 23.3 Å². The molecule has 0 atom stereocenters. The van der Waals surface area contributed by atoms with Crippen LogP contribution < -0.4 is 11.1 Å². The molecule has 0 aliphatic heterocycles. The molecule has 0 bridgehead atoms. The third-order valence-corrected chi connectivity index (χ3v) is 3.05. The number of fused-ring (bicyclic) bond motifs is 1. The number of esters is 1. The Hall–Kier alpha value is -2.96.